The zero-order chi connectivity index (χ0) is 34.5. The molecular formula is C39H39N2O5PS. The Hall–Kier alpha value is -4.62. The molecule has 0 aliphatic carbocycles. The second-order valence-corrected chi connectivity index (χ2v) is 16.1. The Morgan fingerprint density at radius 3 is 1.73 bits per heavy atom. The number of amides is 2. The van der Waals surface area contributed by atoms with E-state index in [-0.39, 0.29) is 18.4 Å². The third-order valence-corrected chi connectivity index (χ3v) is 13.4. The summed E-state index contributed by atoms with van der Waals surface area (Å²) >= 11 is 5.54. The molecule has 2 amide bonds. The summed E-state index contributed by atoms with van der Waals surface area (Å²) in [6, 6.07) is 38.1. The van der Waals surface area contributed by atoms with Crippen LogP contribution in [0.2, 0.25) is 0 Å². The largest absolute Gasteiger partial charge is 0.456 e. The summed E-state index contributed by atoms with van der Waals surface area (Å²) in [5.41, 5.74) is -2.44. The van der Waals surface area contributed by atoms with Crippen LogP contribution in [0.1, 0.15) is 32.8 Å². The van der Waals surface area contributed by atoms with Gasteiger partial charge in [0.25, 0.3) is 0 Å². The molecule has 9 heteroatoms. The third kappa shape index (κ3) is 6.19. The van der Waals surface area contributed by atoms with E-state index in [9.17, 15) is 14.7 Å². The van der Waals surface area contributed by atoms with Crippen molar-refractivity contribution in [2.24, 2.45) is 5.41 Å². The quantitative estimate of drug-likeness (QED) is 0.0731. The molecule has 4 aromatic rings. The first-order valence-electron chi connectivity index (χ1n) is 15.6. The molecule has 1 fully saturated rings. The SMILES string of the molecule is C=CC(=S)CC1(C(C)(C)O)C(=O)N(C(C(=O)OCc2ccccc2)=P(c2ccccc2)(c2ccccc2)c2ccccc2)[C@@H]1NC(C)=O. The summed E-state index contributed by atoms with van der Waals surface area (Å²) < 4.78 is 6.12. The van der Waals surface area contributed by atoms with Crippen LogP contribution < -0.4 is 21.2 Å². The molecule has 1 unspecified atom stereocenters. The maximum Gasteiger partial charge on any atom is 0.356 e. The van der Waals surface area contributed by atoms with Gasteiger partial charge in [-0.05, 0) is 35.3 Å². The number of aliphatic hydroxyl groups is 1. The molecule has 246 valence electrons. The number of allylic oxidation sites excluding steroid dienone is 1. The molecule has 2 N–H and O–H groups in total. The predicted molar refractivity (Wildman–Crippen MR) is 197 cm³/mol. The summed E-state index contributed by atoms with van der Waals surface area (Å²) in [5, 5.41) is 17.0. The number of likely N-dealkylation sites (tertiary alicyclic amines) is 1. The molecule has 1 saturated heterocycles. The minimum Gasteiger partial charge on any atom is -0.456 e. The van der Waals surface area contributed by atoms with E-state index in [2.05, 4.69) is 11.9 Å². The maximum absolute atomic E-state index is 15.0. The van der Waals surface area contributed by atoms with Crippen LogP contribution in [0.15, 0.2) is 134 Å². The minimum absolute atomic E-state index is 0.0500. The van der Waals surface area contributed by atoms with Gasteiger partial charge in [0.1, 0.15) is 23.6 Å². The number of ether oxygens (including phenoxy) is 1. The average Bonchev–Trinajstić information content (AvgIpc) is 3.10. The first kappa shape index (κ1) is 34.7. The molecule has 1 heterocycles. The topological polar surface area (TPSA) is 95.9 Å². The van der Waals surface area contributed by atoms with Crippen LogP contribution in [0.25, 0.3) is 0 Å². The molecular weight excluding hydrogens is 639 g/mol. The predicted octanol–water partition coefficient (Wildman–Crippen LogP) is 4.86. The highest BCUT2D eigenvalue weighted by atomic mass is 32.1. The fourth-order valence-corrected chi connectivity index (χ4v) is 11.1. The minimum atomic E-state index is -3.27. The van der Waals surface area contributed by atoms with Crippen molar-refractivity contribution in [2.75, 3.05) is 0 Å². The fourth-order valence-electron chi connectivity index (χ4n) is 6.49. The van der Waals surface area contributed by atoms with Gasteiger partial charge in [-0.15, -0.1) is 0 Å². The van der Waals surface area contributed by atoms with Gasteiger partial charge < -0.3 is 15.2 Å². The van der Waals surface area contributed by atoms with E-state index < -0.39 is 41.9 Å². The Kier molecular flexibility index (Phi) is 10.3. The van der Waals surface area contributed by atoms with Crippen molar-refractivity contribution in [3.63, 3.8) is 0 Å². The molecule has 2 atom stereocenters. The Morgan fingerprint density at radius 2 is 1.33 bits per heavy atom. The average molecular weight is 679 g/mol. The number of esters is 1. The van der Waals surface area contributed by atoms with Gasteiger partial charge in [0.15, 0.2) is 0 Å². The zero-order valence-electron chi connectivity index (χ0n) is 27.2. The summed E-state index contributed by atoms with van der Waals surface area (Å²) in [5.74, 6) is -1.73. The van der Waals surface area contributed by atoms with Crippen molar-refractivity contribution in [3.05, 3.63) is 140 Å². The lowest BCUT2D eigenvalue weighted by atomic mass is 9.61. The van der Waals surface area contributed by atoms with Crippen molar-refractivity contribution in [1.29, 1.82) is 0 Å². The number of hydrogen-bond donors (Lipinski definition) is 2. The van der Waals surface area contributed by atoms with Crippen LogP contribution in [0.3, 0.4) is 0 Å². The maximum atomic E-state index is 15.0. The van der Waals surface area contributed by atoms with E-state index in [1.54, 1.807) is 0 Å². The smallest absolute Gasteiger partial charge is 0.356 e. The Balaban J connectivity index is 1.93. The number of β-lactam (4-membered cyclic amide) rings is 1. The monoisotopic (exact) mass is 678 g/mol. The van der Waals surface area contributed by atoms with Gasteiger partial charge in [-0.2, -0.15) is 0 Å². The summed E-state index contributed by atoms with van der Waals surface area (Å²) in [6.45, 7) is 4.83. The van der Waals surface area contributed by atoms with Gasteiger partial charge in [-0.1, -0.05) is 146 Å². The molecule has 0 bridgehead atoms. The fraction of sp³-hybridized carbons (Fsp3) is 0.205. The highest BCUT2D eigenvalue weighted by Gasteiger charge is 2.70. The Labute approximate surface area is 287 Å². The number of nitrogens with zero attached hydrogens (tertiary/aromatic N) is 1. The summed E-state index contributed by atoms with van der Waals surface area (Å²) in [4.78, 5) is 44.7. The van der Waals surface area contributed by atoms with Gasteiger partial charge in [-0.3, -0.25) is 14.5 Å². The third-order valence-electron chi connectivity index (χ3n) is 8.81. The lowest BCUT2D eigenvalue weighted by molar-refractivity contribution is -0.196. The highest BCUT2D eigenvalue weighted by molar-refractivity contribution is 7.96. The lowest BCUT2D eigenvalue weighted by Gasteiger charge is -2.61. The van der Waals surface area contributed by atoms with E-state index >= 15 is 4.79 Å². The van der Waals surface area contributed by atoms with E-state index in [0.717, 1.165) is 21.5 Å². The summed E-state index contributed by atoms with van der Waals surface area (Å²) in [7, 11) is 0. The van der Waals surface area contributed by atoms with E-state index in [1.165, 1.54) is 31.7 Å². The van der Waals surface area contributed by atoms with Crippen LogP contribution in [-0.2, 0) is 25.7 Å². The molecule has 48 heavy (non-hydrogen) atoms. The van der Waals surface area contributed by atoms with Crippen molar-refractivity contribution in [2.45, 2.75) is 45.6 Å². The van der Waals surface area contributed by atoms with Crippen LogP contribution in [0.4, 0.5) is 0 Å². The van der Waals surface area contributed by atoms with Crippen molar-refractivity contribution >= 4 is 63.1 Å². The number of nitrogens with one attached hydrogen (secondary N) is 1. The van der Waals surface area contributed by atoms with Gasteiger partial charge in [0.05, 0.1) is 5.60 Å². The number of thiocarbonyl (C=S) groups is 1. The van der Waals surface area contributed by atoms with Gasteiger partial charge >= 0.3 is 5.97 Å². The Bertz CT molecular complexity index is 1770. The number of hydrogen-bond acceptors (Lipinski definition) is 6. The first-order chi connectivity index (χ1) is 23.0. The molecule has 1 aliphatic heterocycles. The zero-order valence-corrected chi connectivity index (χ0v) is 28.9. The van der Waals surface area contributed by atoms with Crippen LogP contribution in [0.5, 0.6) is 0 Å². The number of rotatable bonds is 12. The first-order valence-corrected chi connectivity index (χ1v) is 17.8. The van der Waals surface area contributed by atoms with Gasteiger partial charge in [0.2, 0.25) is 11.8 Å². The van der Waals surface area contributed by atoms with Gasteiger partial charge in [0, 0.05) is 25.1 Å². The molecule has 0 saturated carbocycles. The van der Waals surface area contributed by atoms with E-state index in [0.29, 0.717) is 4.86 Å². The molecule has 0 spiro atoms. The molecule has 0 radical (unpaired) electrons. The molecule has 5 rings (SSSR count). The summed E-state index contributed by atoms with van der Waals surface area (Å²) in [6.07, 6.45) is 0.225. The van der Waals surface area contributed by atoms with Crippen molar-refractivity contribution in [3.8, 4) is 0 Å². The molecule has 1 aliphatic rings. The van der Waals surface area contributed by atoms with E-state index in [4.69, 9.17) is 17.0 Å². The van der Waals surface area contributed by atoms with Gasteiger partial charge in [-0.25, -0.2) is 4.79 Å². The van der Waals surface area contributed by atoms with Crippen LogP contribution in [0, 0.1) is 5.41 Å². The normalized spacial score (nSPS) is 17.5. The molecule has 4 aromatic carbocycles. The van der Waals surface area contributed by atoms with Crippen molar-refractivity contribution in [1.82, 2.24) is 10.2 Å². The standard InChI is InChI=1S/C39H39N2O5PS/c1-5-33(48)26-39(38(3,4)45)36(40-28(2)42)41(37(39)44)34(35(43)46-27-29-18-10-6-11-19-29)47(30-20-12-7-13-21-30,31-22-14-8-15-23-31)32-24-16-9-17-25-32/h5-25,36,45H,1,26-27H2,2-4H3,(H,40,42)/t36-,39?/m0/s1. The second-order valence-electron chi connectivity index (χ2n) is 12.2. The highest BCUT2D eigenvalue weighted by Crippen LogP contribution is 2.55. The molecule has 0 aromatic heterocycles. The number of carbonyl (C=O) groups is 3. The second kappa shape index (κ2) is 14.2. The van der Waals surface area contributed by atoms with Crippen LogP contribution >= 0.6 is 19.1 Å². The number of benzene rings is 4. The molecule has 7 nitrogen and oxygen atoms in total. The number of carbonyl (C=O) groups excluding carboxylic acids is 3. The van der Waals surface area contributed by atoms with Crippen LogP contribution in [-0.4, -0.2) is 49.8 Å². The van der Waals surface area contributed by atoms with Crippen molar-refractivity contribution < 1.29 is 24.2 Å². The lowest BCUT2D eigenvalue weighted by Crippen LogP contribution is -2.82. The Morgan fingerprint density at radius 1 is 0.896 bits per heavy atom. The van der Waals surface area contributed by atoms with E-state index in [1.807, 2.05) is 121 Å².